The number of hydrogen-bond acceptors (Lipinski definition) is 7. The summed E-state index contributed by atoms with van der Waals surface area (Å²) in [5.74, 6) is 1.12. The van der Waals surface area contributed by atoms with Crippen molar-refractivity contribution in [3.8, 4) is 11.4 Å². The molecule has 0 saturated carbocycles. The minimum Gasteiger partial charge on any atom is -0.363 e. The fraction of sp³-hybridized carbons (Fsp3) is 0.235. The lowest BCUT2D eigenvalue weighted by atomic mass is 10.2. The number of thiazole rings is 1. The highest BCUT2D eigenvalue weighted by Crippen LogP contribution is 2.23. The number of rotatable bonds is 5. The van der Waals surface area contributed by atoms with Gasteiger partial charge in [0.1, 0.15) is 10.8 Å². The van der Waals surface area contributed by atoms with Crippen LogP contribution in [0.5, 0.6) is 0 Å². The third kappa shape index (κ3) is 3.97. The lowest BCUT2D eigenvalue weighted by molar-refractivity contribution is -0.384. The molecule has 0 amide bonds. The van der Waals surface area contributed by atoms with Gasteiger partial charge in [-0.15, -0.1) is 11.3 Å². The zero-order chi connectivity index (χ0) is 18.0. The van der Waals surface area contributed by atoms with Crippen LogP contribution in [0.15, 0.2) is 30.3 Å². The number of benzene rings is 1. The molecule has 8 heteroatoms. The molecule has 1 N–H and O–H groups in total. The zero-order valence-electron chi connectivity index (χ0n) is 14.1. The molecule has 7 nitrogen and oxygen atoms in total. The van der Waals surface area contributed by atoms with E-state index in [9.17, 15) is 10.1 Å². The molecule has 25 heavy (non-hydrogen) atoms. The molecule has 2 heterocycles. The number of hydrogen-bond donors (Lipinski definition) is 1. The maximum atomic E-state index is 11.0. The second-order valence-corrected chi connectivity index (χ2v) is 6.92. The molecule has 0 aliphatic rings. The Kier molecular flexibility index (Phi) is 4.71. The standard InChI is InChI=1S/C17H17N5O2S/c1-10-7-15(18-9-16-20-11(2)12(3)25-16)21-17(19-10)13-5-4-6-14(8-13)22(23)24/h4-8H,9H2,1-3H3,(H,18,19,21). The van der Waals surface area contributed by atoms with Gasteiger partial charge in [-0.3, -0.25) is 10.1 Å². The van der Waals surface area contributed by atoms with Crippen LogP contribution in [-0.2, 0) is 6.54 Å². The summed E-state index contributed by atoms with van der Waals surface area (Å²) in [5.41, 5.74) is 2.45. The van der Waals surface area contributed by atoms with Crippen LogP contribution in [0.25, 0.3) is 11.4 Å². The molecule has 3 rings (SSSR count). The van der Waals surface area contributed by atoms with Crippen molar-refractivity contribution in [2.24, 2.45) is 0 Å². The molecular weight excluding hydrogens is 338 g/mol. The van der Waals surface area contributed by atoms with E-state index in [2.05, 4.69) is 20.3 Å². The highest BCUT2D eigenvalue weighted by molar-refractivity contribution is 7.11. The van der Waals surface area contributed by atoms with Crippen LogP contribution in [0.3, 0.4) is 0 Å². The first-order valence-corrected chi connectivity index (χ1v) is 8.51. The van der Waals surface area contributed by atoms with E-state index in [0.717, 1.165) is 16.4 Å². The molecule has 128 valence electrons. The van der Waals surface area contributed by atoms with E-state index in [1.54, 1.807) is 23.5 Å². The Morgan fingerprint density at radius 1 is 1.16 bits per heavy atom. The topological polar surface area (TPSA) is 93.8 Å². The van der Waals surface area contributed by atoms with Gasteiger partial charge in [0.05, 0.1) is 17.2 Å². The minimum absolute atomic E-state index is 0.0193. The molecule has 3 aromatic rings. The first-order chi connectivity index (χ1) is 11.9. The molecule has 0 aliphatic carbocycles. The SMILES string of the molecule is Cc1cc(NCc2nc(C)c(C)s2)nc(-c2cccc([N+](=O)[O-])c2)n1. The summed E-state index contributed by atoms with van der Waals surface area (Å²) in [7, 11) is 0. The highest BCUT2D eigenvalue weighted by atomic mass is 32.1. The average molecular weight is 355 g/mol. The van der Waals surface area contributed by atoms with E-state index in [0.29, 0.717) is 23.8 Å². The number of nitrogens with one attached hydrogen (secondary N) is 1. The molecule has 0 saturated heterocycles. The number of aryl methyl sites for hydroxylation is 3. The Bertz CT molecular complexity index is 919. The van der Waals surface area contributed by atoms with E-state index >= 15 is 0 Å². The molecule has 0 fully saturated rings. The first-order valence-electron chi connectivity index (χ1n) is 7.69. The van der Waals surface area contributed by atoms with Gasteiger partial charge in [0, 0.05) is 34.3 Å². The number of aromatic nitrogens is 3. The molecular formula is C17H17N5O2S. The summed E-state index contributed by atoms with van der Waals surface area (Å²) in [6.07, 6.45) is 0. The van der Waals surface area contributed by atoms with E-state index in [1.165, 1.54) is 17.0 Å². The van der Waals surface area contributed by atoms with Crippen molar-refractivity contribution in [2.75, 3.05) is 5.32 Å². The van der Waals surface area contributed by atoms with Gasteiger partial charge < -0.3 is 5.32 Å². The number of non-ortho nitro benzene ring substituents is 1. The monoisotopic (exact) mass is 355 g/mol. The van der Waals surface area contributed by atoms with Crippen molar-refractivity contribution in [2.45, 2.75) is 27.3 Å². The van der Waals surface area contributed by atoms with Crippen molar-refractivity contribution >= 4 is 22.8 Å². The molecule has 0 spiro atoms. The van der Waals surface area contributed by atoms with Gasteiger partial charge in [0.2, 0.25) is 0 Å². The van der Waals surface area contributed by atoms with Crippen LogP contribution in [0.2, 0.25) is 0 Å². The van der Waals surface area contributed by atoms with Crippen molar-refractivity contribution in [1.82, 2.24) is 15.0 Å². The Morgan fingerprint density at radius 2 is 1.96 bits per heavy atom. The Morgan fingerprint density at radius 3 is 2.64 bits per heavy atom. The average Bonchev–Trinajstić information content (AvgIpc) is 2.91. The van der Waals surface area contributed by atoms with Crippen LogP contribution in [0, 0.1) is 30.9 Å². The molecule has 0 atom stereocenters. The second kappa shape index (κ2) is 6.94. The molecule has 2 aromatic heterocycles. The second-order valence-electron chi connectivity index (χ2n) is 5.63. The van der Waals surface area contributed by atoms with Crippen LogP contribution in [0.1, 0.15) is 21.3 Å². The van der Waals surface area contributed by atoms with Gasteiger partial charge in [0.15, 0.2) is 5.82 Å². The van der Waals surface area contributed by atoms with Crippen molar-refractivity contribution < 1.29 is 4.92 Å². The number of anilines is 1. The first kappa shape index (κ1) is 17.0. The lowest BCUT2D eigenvalue weighted by Crippen LogP contribution is -2.04. The minimum atomic E-state index is -0.425. The van der Waals surface area contributed by atoms with E-state index in [-0.39, 0.29) is 5.69 Å². The predicted molar refractivity (Wildman–Crippen MR) is 97.8 cm³/mol. The van der Waals surface area contributed by atoms with Gasteiger partial charge >= 0.3 is 0 Å². The largest absolute Gasteiger partial charge is 0.363 e. The predicted octanol–water partition coefficient (Wildman–Crippen LogP) is 4.05. The maximum absolute atomic E-state index is 11.0. The van der Waals surface area contributed by atoms with Crippen LogP contribution >= 0.6 is 11.3 Å². The van der Waals surface area contributed by atoms with Crippen molar-refractivity contribution in [3.05, 3.63) is 61.7 Å². The van der Waals surface area contributed by atoms with Gasteiger partial charge in [0.25, 0.3) is 5.69 Å². The molecule has 0 unspecified atom stereocenters. The molecule has 0 bridgehead atoms. The summed E-state index contributed by atoms with van der Waals surface area (Å²) < 4.78 is 0. The Balaban J connectivity index is 1.85. The highest BCUT2D eigenvalue weighted by Gasteiger charge is 2.11. The fourth-order valence-corrected chi connectivity index (χ4v) is 3.20. The van der Waals surface area contributed by atoms with Gasteiger partial charge in [-0.1, -0.05) is 12.1 Å². The Hall–Kier alpha value is -2.87. The summed E-state index contributed by atoms with van der Waals surface area (Å²) in [5, 5.41) is 15.2. The van der Waals surface area contributed by atoms with E-state index < -0.39 is 4.92 Å². The molecule has 0 radical (unpaired) electrons. The van der Waals surface area contributed by atoms with Crippen LogP contribution in [0.4, 0.5) is 11.5 Å². The molecule has 0 aliphatic heterocycles. The Labute approximate surface area is 149 Å². The molecule has 1 aromatic carbocycles. The number of nitro benzene ring substituents is 1. The van der Waals surface area contributed by atoms with Crippen LogP contribution < -0.4 is 5.32 Å². The quantitative estimate of drug-likeness (QED) is 0.548. The summed E-state index contributed by atoms with van der Waals surface area (Å²) in [6.45, 7) is 6.48. The normalized spacial score (nSPS) is 10.7. The number of nitro groups is 1. The third-order valence-electron chi connectivity index (χ3n) is 3.66. The van der Waals surface area contributed by atoms with Crippen molar-refractivity contribution in [3.63, 3.8) is 0 Å². The lowest BCUT2D eigenvalue weighted by Gasteiger charge is -2.07. The zero-order valence-corrected chi connectivity index (χ0v) is 14.9. The summed E-state index contributed by atoms with van der Waals surface area (Å²) >= 11 is 1.65. The smallest absolute Gasteiger partial charge is 0.270 e. The van der Waals surface area contributed by atoms with Crippen molar-refractivity contribution in [1.29, 1.82) is 0 Å². The van der Waals surface area contributed by atoms with Crippen LogP contribution in [-0.4, -0.2) is 19.9 Å². The fourth-order valence-electron chi connectivity index (χ4n) is 2.33. The summed E-state index contributed by atoms with van der Waals surface area (Å²) in [6, 6.07) is 8.17. The van der Waals surface area contributed by atoms with E-state index in [4.69, 9.17) is 0 Å². The van der Waals surface area contributed by atoms with E-state index in [1.807, 2.05) is 26.8 Å². The van der Waals surface area contributed by atoms with Gasteiger partial charge in [-0.25, -0.2) is 15.0 Å². The number of nitrogens with zero attached hydrogens (tertiary/aromatic N) is 4. The third-order valence-corrected chi connectivity index (χ3v) is 4.74. The van der Waals surface area contributed by atoms with Gasteiger partial charge in [-0.2, -0.15) is 0 Å². The summed E-state index contributed by atoms with van der Waals surface area (Å²) in [4.78, 5) is 25.1. The van der Waals surface area contributed by atoms with Gasteiger partial charge in [-0.05, 0) is 20.8 Å². The maximum Gasteiger partial charge on any atom is 0.270 e.